The number of alkyl halides is 3. The van der Waals surface area contributed by atoms with Gasteiger partial charge in [-0.05, 0) is 43.9 Å². The second-order valence-corrected chi connectivity index (χ2v) is 5.71. The van der Waals surface area contributed by atoms with Crippen LogP contribution in [0.1, 0.15) is 41.6 Å². The van der Waals surface area contributed by atoms with Crippen LogP contribution in [0.2, 0.25) is 5.02 Å². The lowest BCUT2D eigenvalue weighted by atomic mass is 9.91. The molecule has 3 nitrogen and oxygen atoms in total. The number of rotatable bonds is 2. The van der Waals surface area contributed by atoms with Crippen molar-refractivity contribution in [2.45, 2.75) is 43.9 Å². The van der Waals surface area contributed by atoms with E-state index in [1.54, 1.807) is 0 Å². The van der Waals surface area contributed by atoms with Crippen LogP contribution in [0.4, 0.5) is 13.2 Å². The van der Waals surface area contributed by atoms with Gasteiger partial charge in [0.25, 0.3) is 5.91 Å². The molecule has 0 spiro atoms. The maximum atomic E-state index is 13.0. The first-order chi connectivity index (χ1) is 9.77. The van der Waals surface area contributed by atoms with Gasteiger partial charge in [0, 0.05) is 17.1 Å². The third-order valence-corrected chi connectivity index (χ3v) is 3.87. The summed E-state index contributed by atoms with van der Waals surface area (Å²) in [5.41, 5.74) is 4.35. The molecule has 1 aromatic carbocycles. The van der Waals surface area contributed by atoms with Gasteiger partial charge in [0.1, 0.15) is 0 Å². The molecule has 1 aliphatic carbocycles. The van der Waals surface area contributed by atoms with E-state index in [1.807, 2.05) is 0 Å². The van der Waals surface area contributed by atoms with Gasteiger partial charge in [0.05, 0.1) is 11.1 Å². The van der Waals surface area contributed by atoms with Gasteiger partial charge in [-0.2, -0.15) is 13.2 Å². The SMILES string of the molecule is N[C@H]1CC[C@H](NC(=O)c2ccc(Cl)cc2C(F)(F)F)CC1. The third kappa shape index (κ3) is 4.11. The van der Waals surface area contributed by atoms with Crippen molar-refractivity contribution >= 4 is 17.5 Å². The molecule has 0 radical (unpaired) electrons. The van der Waals surface area contributed by atoms with E-state index in [1.165, 1.54) is 6.07 Å². The van der Waals surface area contributed by atoms with Gasteiger partial charge in [0.15, 0.2) is 0 Å². The molecule has 0 aromatic heterocycles. The lowest BCUT2D eigenvalue weighted by Crippen LogP contribution is -2.41. The van der Waals surface area contributed by atoms with Crippen molar-refractivity contribution in [3.63, 3.8) is 0 Å². The second-order valence-electron chi connectivity index (χ2n) is 5.27. The number of nitrogens with two attached hydrogens (primary N) is 1. The molecule has 7 heteroatoms. The van der Waals surface area contributed by atoms with Gasteiger partial charge in [-0.3, -0.25) is 4.79 Å². The highest BCUT2D eigenvalue weighted by Gasteiger charge is 2.36. The maximum absolute atomic E-state index is 13.0. The largest absolute Gasteiger partial charge is 0.417 e. The third-order valence-electron chi connectivity index (χ3n) is 3.64. The Labute approximate surface area is 125 Å². The lowest BCUT2D eigenvalue weighted by Gasteiger charge is -2.27. The molecule has 0 atom stereocenters. The topological polar surface area (TPSA) is 55.1 Å². The summed E-state index contributed by atoms with van der Waals surface area (Å²) in [4.78, 5) is 12.1. The zero-order valence-corrected chi connectivity index (χ0v) is 12.0. The Morgan fingerprint density at radius 1 is 1.24 bits per heavy atom. The van der Waals surface area contributed by atoms with E-state index in [2.05, 4.69) is 5.32 Å². The van der Waals surface area contributed by atoms with Gasteiger partial charge in [-0.25, -0.2) is 0 Å². The minimum absolute atomic E-state index is 0.0532. The minimum Gasteiger partial charge on any atom is -0.349 e. The Hall–Kier alpha value is -1.27. The standard InChI is InChI=1S/C14H16ClF3N2O/c15-8-1-6-11(12(7-8)14(16,17)18)13(21)20-10-4-2-9(19)3-5-10/h1,6-7,9-10H,2-5,19H2,(H,20,21)/t9-,10-. The molecule has 116 valence electrons. The van der Waals surface area contributed by atoms with Crippen molar-refractivity contribution in [3.05, 3.63) is 34.3 Å². The van der Waals surface area contributed by atoms with E-state index in [4.69, 9.17) is 17.3 Å². The molecule has 1 saturated carbocycles. The average Bonchev–Trinajstić information content (AvgIpc) is 2.40. The Balaban J connectivity index is 2.16. The molecular formula is C14H16ClF3N2O. The molecule has 1 aromatic rings. The summed E-state index contributed by atoms with van der Waals surface area (Å²) < 4.78 is 38.9. The summed E-state index contributed by atoms with van der Waals surface area (Å²) in [6, 6.07) is 3.14. The number of carbonyl (C=O) groups is 1. The van der Waals surface area contributed by atoms with Gasteiger partial charge >= 0.3 is 6.18 Å². The smallest absolute Gasteiger partial charge is 0.349 e. The summed E-state index contributed by atoms with van der Waals surface area (Å²) in [5, 5.41) is 2.60. The first kappa shape index (κ1) is 16.1. The number of halogens is 4. The number of benzene rings is 1. The van der Waals surface area contributed by atoms with Gasteiger partial charge < -0.3 is 11.1 Å². The fraction of sp³-hybridized carbons (Fsp3) is 0.500. The van der Waals surface area contributed by atoms with E-state index in [0.717, 1.165) is 25.0 Å². The number of amides is 1. The summed E-state index contributed by atoms with van der Waals surface area (Å²) in [6.07, 6.45) is -1.73. The van der Waals surface area contributed by atoms with Crippen LogP contribution in [-0.2, 0) is 6.18 Å². The van der Waals surface area contributed by atoms with Crippen LogP contribution in [0.15, 0.2) is 18.2 Å². The highest BCUT2D eigenvalue weighted by molar-refractivity contribution is 6.30. The Bertz CT molecular complexity index is 525. The van der Waals surface area contributed by atoms with Crippen LogP contribution in [0, 0.1) is 0 Å². The normalized spacial score (nSPS) is 22.9. The zero-order chi connectivity index (χ0) is 15.6. The summed E-state index contributed by atoms with van der Waals surface area (Å²) in [6.45, 7) is 0. The van der Waals surface area contributed by atoms with Crippen molar-refractivity contribution in [2.24, 2.45) is 5.73 Å². The van der Waals surface area contributed by atoms with Gasteiger partial charge in [-0.1, -0.05) is 11.6 Å². The summed E-state index contributed by atoms with van der Waals surface area (Å²) in [5.74, 6) is -0.723. The number of hydrogen-bond acceptors (Lipinski definition) is 2. The lowest BCUT2D eigenvalue weighted by molar-refractivity contribution is -0.137. The van der Waals surface area contributed by atoms with Crippen LogP contribution in [0.5, 0.6) is 0 Å². The van der Waals surface area contributed by atoms with Crippen LogP contribution in [-0.4, -0.2) is 18.0 Å². The molecule has 0 heterocycles. The average molecular weight is 321 g/mol. The van der Waals surface area contributed by atoms with Gasteiger partial charge in [-0.15, -0.1) is 0 Å². The van der Waals surface area contributed by atoms with Crippen LogP contribution in [0.3, 0.4) is 0 Å². The highest BCUT2D eigenvalue weighted by Crippen LogP contribution is 2.34. The second kappa shape index (κ2) is 6.23. The molecule has 3 N–H and O–H groups in total. The fourth-order valence-corrected chi connectivity index (χ4v) is 2.65. The number of nitrogens with one attached hydrogen (secondary N) is 1. The number of carbonyl (C=O) groups excluding carboxylic acids is 1. The fourth-order valence-electron chi connectivity index (χ4n) is 2.48. The van der Waals surface area contributed by atoms with Gasteiger partial charge in [0.2, 0.25) is 0 Å². The van der Waals surface area contributed by atoms with Crippen molar-refractivity contribution in [3.8, 4) is 0 Å². The van der Waals surface area contributed by atoms with Crippen molar-refractivity contribution in [2.75, 3.05) is 0 Å². The first-order valence-corrected chi connectivity index (χ1v) is 7.08. The molecule has 0 aliphatic heterocycles. The summed E-state index contributed by atoms with van der Waals surface area (Å²) in [7, 11) is 0. The highest BCUT2D eigenvalue weighted by atomic mass is 35.5. The quantitative estimate of drug-likeness (QED) is 0.878. The predicted octanol–water partition coefficient (Wildman–Crippen LogP) is 3.36. The van der Waals surface area contributed by atoms with E-state index < -0.39 is 23.2 Å². The molecule has 2 rings (SSSR count). The maximum Gasteiger partial charge on any atom is 0.417 e. The minimum atomic E-state index is -4.62. The van der Waals surface area contributed by atoms with Crippen LogP contribution in [0.25, 0.3) is 0 Å². The van der Waals surface area contributed by atoms with E-state index >= 15 is 0 Å². The molecule has 0 unspecified atom stereocenters. The van der Waals surface area contributed by atoms with E-state index in [9.17, 15) is 18.0 Å². The van der Waals surface area contributed by atoms with E-state index in [0.29, 0.717) is 12.8 Å². The number of hydrogen-bond donors (Lipinski definition) is 2. The Kier molecular flexibility index (Phi) is 4.78. The molecule has 1 aliphatic rings. The molecule has 21 heavy (non-hydrogen) atoms. The molecule has 1 amide bonds. The van der Waals surface area contributed by atoms with E-state index in [-0.39, 0.29) is 17.1 Å². The van der Waals surface area contributed by atoms with Crippen molar-refractivity contribution in [1.29, 1.82) is 0 Å². The zero-order valence-electron chi connectivity index (χ0n) is 11.2. The van der Waals surface area contributed by atoms with Crippen LogP contribution >= 0.6 is 11.6 Å². The molecule has 0 bridgehead atoms. The predicted molar refractivity (Wildman–Crippen MR) is 74.2 cm³/mol. The van der Waals surface area contributed by atoms with Crippen molar-refractivity contribution < 1.29 is 18.0 Å². The first-order valence-electron chi connectivity index (χ1n) is 6.70. The van der Waals surface area contributed by atoms with Crippen molar-refractivity contribution in [1.82, 2.24) is 5.32 Å². The molecule has 0 saturated heterocycles. The monoisotopic (exact) mass is 320 g/mol. The molecular weight excluding hydrogens is 305 g/mol. The Morgan fingerprint density at radius 3 is 2.43 bits per heavy atom. The van der Waals surface area contributed by atoms with Crippen LogP contribution < -0.4 is 11.1 Å². The molecule has 1 fully saturated rings. The summed E-state index contributed by atoms with van der Waals surface area (Å²) >= 11 is 5.59. The Morgan fingerprint density at radius 2 is 1.86 bits per heavy atom.